The highest BCUT2D eigenvalue weighted by molar-refractivity contribution is 7.90. The van der Waals surface area contributed by atoms with Crippen molar-refractivity contribution in [1.29, 1.82) is 0 Å². The number of sulfone groups is 1. The highest BCUT2D eigenvalue weighted by atomic mass is 32.2. The van der Waals surface area contributed by atoms with Crippen LogP contribution in [-0.2, 0) is 9.84 Å². The Morgan fingerprint density at radius 2 is 1.82 bits per heavy atom. The summed E-state index contributed by atoms with van der Waals surface area (Å²) in [5.74, 6) is -0.358. The third kappa shape index (κ3) is 2.65. The summed E-state index contributed by atoms with van der Waals surface area (Å²) in [4.78, 5) is 0.194. The molecule has 0 aliphatic carbocycles. The minimum absolute atomic E-state index is 0.194. The largest absolute Gasteiger partial charge is 0.233 e. The predicted molar refractivity (Wildman–Crippen MR) is 82.1 cm³/mol. The van der Waals surface area contributed by atoms with Crippen LogP contribution in [0.3, 0.4) is 0 Å². The van der Waals surface area contributed by atoms with Crippen molar-refractivity contribution in [3.63, 3.8) is 0 Å². The van der Waals surface area contributed by atoms with Crippen molar-refractivity contribution in [3.8, 4) is 16.9 Å². The summed E-state index contributed by atoms with van der Waals surface area (Å²) >= 11 is 0. The quantitative estimate of drug-likeness (QED) is 0.746. The van der Waals surface area contributed by atoms with Gasteiger partial charge < -0.3 is 0 Å². The van der Waals surface area contributed by atoms with E-state index in [9.17, 15) is 12.8 Å². The molecular formula is C16H13FN2O2S. The van der Waals surface area contributed by atoms with Gasteiger partial charge in [-0.15, -0.1) is 0 Å². The van der Waals surface area contributed by atoms with E-state index >= 15 is 0 Å². The second kappa shape index (κ2) is 5.38. The second-order valence-electron chi connectivity index (χ2n) is 4.88. The van der Waals surface area contributed by atoms with Gasteiger partial charge in [0.15, 0.2) is 9.84 Å². The molecule has 0 bridgehead atoms. The molecule has 1 aromatic heterocycles. The summed E-state index contributed by atoms with van der Waals surface area (Å²) in [7, 11) is -3.32. The standard InChI is InChI=1S/C16H13FN2O2S/c1-22(20,21)13-6-4-5-12(11-13)19-16(9-10-18-19)14-7-2-3-8-15(14)17/h2-11H,1H3. The molecule has 3 aromatic rings. The van der Waals surface area contributed by atoms with Gasteiger partial charge in [0, 0.05) is 11.8 Å². The van der Waals surface area contributed by atoms with E-state index in [1.165, 1.54) is 22.9 Å². The van der Waals surface area contributed by atoms with Crippen molar-refractivity contribution < 1.29 is 12.8 Å². The summed E-state index contributed by atoms with van der Waals surface area (Å²) in [6, 6.07) is 14.5. The van der Waals surface area contributed by atoms with Crippen LogP contribution in [0.15, 0.2) is 65.7 Å². The molecule has 0 saturated carbocycles. The van der Waals surface area contributed by atoms with Crippen molar-refractivity contribution in [2.75, 3.05) is 6.26 Å². The van der Waals surface area contributed by atoms with Crippen LogP contribution in [0.4, 0.5) is 4.39 Å². The van der Waals surface area contributed by atoms with Gasteiger partial charge in [-0.1, -0.05) is 18.2 Å². The van der Waals surface area contributed by atoms with Crippen molar-refractivity contribution in [3.05, 3.63) is 66.6 Å². The molecule has 0 atom stereocenters. The Morgan fingerprint density at radius 1 is 1.05 bits per heavy atom. The Morgan fingerprint density at radius 3 is 2.55 bits per heavy atom. The third-order valence-electron chi connectivity index (χ3n) is 3.28. The lowest BCUT2D eigenvalue weighted by molar-refractivity contribution is 0.601. The van der Waals surface area contributed by atoms with Crippen LogP contribution >= 0.6 is 0 Å². The maximum atomic E-state index is 14.0. The molecule has 2 aromatic carbocycles. The number of halogens is 1. The molecule has 0 aliphatic rings. The van der Waals surface area contributed by atoms with Crippen molar-refractivity contribution >= 4 is 9.84 Å². The van der Waals surface area contributed by atoms with E-state index in [1.54, 1.807) is 42.6 Å². The SMILES string of the molecule is CS(=O)(=O)c1cccc(-n2nccc2-c2ccccc2F)c1. The maximum absolute atomic E-state index is 14.0. The molecule has 0 amide bonds. The van der Waals surface area contributed by atoms with Gasteiger partial charge in [-0.2, -0.15) is 5.10 Å². The first-order valence-electron chi connectivity index (χ1n) is 6.56. The van der Waals surface area contributed by atoms with Gasteiger partial charge in [0.25, 0.3) is 0 Å². The van der Waals surface area contributed by atoms with Crippen molar-refractivity contribution in [1.82, 2.24) is 9.78 Å². The topological polar surface area (TPSA) is 52.0 Å². The predicted octanol–water partition coefficient (Wildman–Crippen LogP) is 3.08. The Labute approximate surface area is 127 Å². The van der Waals surface area contributed by atoms with Crippen LogP contribution < -0.4 is 0 Å². The lowest BCUT2D eigenvalue weighted by Gasteiger charge is -2.09. The van der Waals surface area contributed by atoms with Gasteiger partial charge in [-0.3, -0.25) is 0 Å². The second-order valence-corrected chi connectivity index (χ2v) is 6.89. The van der Waals surface area contributed by atoms with Crippen LogP contribution in [-0.4, -0.2) is 24.5 Å². The molecule has 6 heteroatoms. The number of nitrogens with zero attached hydrogens (tertiary/aromatic N) is 2. The van der Waals surface area contributed by atoms with E-state index in [4.69, 9.17) is 0 Å². The average Bonchev–Trinajstić information content (AvgIpc) is 2.96. The zero-order chi connectivity index (χ0) is 15.7. The monoisotopic (exact) mass is 316 g/mol. The minimum Gasteiger partial charge on any atom is -0.233 e. The van der Waals surface area contributed by atoms with Crippen LogP contribution in [0.2, 0.25) is 0 Å². The summed E-state index contributed by atoms with van der Waals surface area (Å²) in [6.45, 7) is 0. The summed E-state index contributed by atoms with van der Waals surface area (Å²) in [5.41, 5.74) is 1.53. The fourth-order valence-corrected chi connectivity index (χ4v) is 2.89. The molecular weight excluding hydrogens is 303 g/mol. The van der Waals surface area contributed by atoms with Gasteiger partial charge in [0.05, 0.1) is 22.5 Å². The van der Waals surface area contributed by atoms with E-state index in [1.807, 2.05) is 0 Å². The number of benzene rings is 2. The number of rotatable bonds is 3. The molecule has 0 spiro atoms. The van der Waals surface area contributed by atoms with Gasteiger partial charge >= 0.3 is 0 Å². The van der Waals surface area contributed by atoms with Crippen LogP contribution in [0.25, 0.3) is 16.9 Å². The number of hydrogen-bond donors (Lipinski definition) is 0. The molecule has 4 nitrogen and oxygen atoms in total. The van der Waals surface area contributed by atoms with Crippen molar-refractivity contribution in [2.24, 2.45) is 0 Å². The fourth-order valence-electron chi connectivity index (χ4n) is 2.23. The zero-order valence-electron chi connectivity index (χ0n) is 11.8. The summed E-state index contributed by atoms with van der Waals surface area (Å²) < 4.78 is 38.8. The molecule has 1 heterocycles. The summed E-state index contributed by atoms with van der Waals surface area (Å²) in [6.07, 6.45) is 2.70. The molecule has 0 radical (unpaired) electrons. The molecule has 0 unspecified atom stereocenters. The fraction of sp³-hybridized carbons (Fsp3) is 0.0625. The number of aromatic nitrogens is 2. The molecule has 0 aliphatic heterocycles. The summed E-state index contributed by atoms with van der Waals surface area (Å²) in [5, 5.41) is 4.18. The third-order valence-corrected chi connectivity index (χ3v) is 4.39. The van der Waals surface area contributed by atoms with E-state index in [-0.39, 0.29) is 10.7 Å². The Kier molecular flexibility index (Phi) is 3.54. The molecule has 22 heavy (non-hydrogen) atoms. The van der Waals surface area contributed by atoms with Gasteiger partial charge in [0.1, 0.15) is 5.82 Å². The Bertz CT molecular complexity index is 933. The molecule has 0 fully saturated rings. The highest BCUT2D eigenvalue weighted by Crippen LogP contribution is 2.25. The number of hydrogen-bond acceptors (Lipinski definition) is 3. The average molecular weight is 316 g/mol. The Balaban J connectivity index is 2.16. The van der Waals surface area contributed by atoms with E-state index in [0.717, 1.165) is 6.26 Å². The van der Waals surface area contributed by atoms with E-state index in [0.29, 0.717) is 16.9 Å². The minimum atomic E-state index is -3.32. The first kappa shape index (κ1) is 14.5. The molecule has 112 valence electrons. The van der Waals surface area contributed by atoms with E-state index < -0.39 is 9.84 Å². The smallest absolute Gasteiger partial charge is 0.175 e. The molecule has 0 N–H and O–H groups in total. The first-order valence-corrected chi connectivity index (χ1v) is 8.45. The molecule has 3 rings (SSSR count). The van der Waals surface area contributed by atoms with Crippen LogP contribution in [0, 0.1) is 5.82 Å². The lowest BCUT2D eigenvalue weighted by Crippen LogP contribution is -2.03. The highest BCUT2D eigenvalue weighted by Gasteiger charge is 2.13. The lowest BCUT2D eigenvalue weighted by atomic mass is 10.1. The normalized spacial score (nSPS) is 11.5. The van der Waals surface area contributed by atoms with Crippen LogP contribution in [0.1, 0.15) is 0 Å². The maximum Gasteiger partial charge on any atom is 0.175 e. The van der Waals surface area contributed by atoms with Gasteiger partial charge in [-0.25, -0.2) is 17.5 Å². The van der Waals surface area contributed by atoms with E-state index in [2.05, 4.69) is 5.10 Å². The van der Waals surface area contributed by atoms with Gasteiger partial charge in [0.2, 0.25) is 0 Å². The van der Waals surface area contributed by atoms with Crippen LogP contribution in [0.5, 0.6) is 0 Å². The Hall–Kier alpha value is -2.47. The van der Waals surface area contributed by atoms with Gasteiger partial charge in [-0.05, 0) is 36.4 Å². The first-order chi connectivity index (χ1) is 10.5. The molecule has 0 saturated heterocycles. The zero-order valence-corrected chi connectivity index (χ0v) is 12.6. The van der Waals surface area contributed by atoms with Crippen molar-refractivity contribution in [2.45, 2.75) is 4.90 Å².